The molecule has 0 radical (unpaired) electrons. The highest BCUT2D eigenvalue weighted by atomic mass is 31.2. The monoisotopic (exact) mass is 913 g/mol. The Morgan fingerprint density at radius 3 is 1.43 bits per heavy atom. The van der Waals surface area contributed by atoms with Gasteiger partial charge in [-0.15, -0.1) is 0 Å². The van der Waals surface area contributed by atoms with Crippen molar-refractivity contribution >= 4 is 13.8 Å². The summed E-state index contributed by atoms with van der Waals surface area (Å²) in [6, 6.07) is 0. The average Bonchev–Trinajstić information content (AvgIpc) is 3.27. The van der Waals surface area contributed by atoms with Gasteiger partial charge in [-0.3, -0.25) is 13.8 Å². The Labute approximate surface area is 381 Å². The minimum Gasteiger partial charge on any atom is -0.457 e. The lowest BCUT2D eigenvalue weighted by atomic mass is 9.85. The van der Waals surface area contributed by atoms with Crippen LogP contribution < -0.4 is 0 Å². The van der Waals surface area contributed by atoms with Gasteiger partial charge in [0.2, 0.25) is 0 Å². The number of phosphoric ester groups is 1. The van der Waals surface area contributed by atoms with Crippen LogP contribution in [-0.2, 0) is 27.9 Å². The van der Waals surface area contributed by atoms with Crippen molar-refractivity contribution < 1.29 is 58.3 Å². The molecule has 6 unspecified atom stereocenters. The van der Waals surface area contributed by atoms with Crippen molar-refractivity contribution in [3.63, 3.8) is 0 Å². The number of ether oxygens (including phenoxy) is 2. The smallest absolute Gasteiger partial charge is 0.457 e. The Morgan fingerprint density at radius 2 is 0.937 bits per heavy atom. The maximum absolute atomic E-state index is 12.8. The molecule has 0 bridgehead atoms. The molecule has 6 N–H and O–H groups in total. The number of aliphatic hydroxyl groups excluding tert-OH is 5. The Kier molecular flexibility index (Phi) is 37.8. The van der Waals surface area contributed by atoms with E-state index in [9.17, 15) is 39.8 Å². The predicted molar refractivity (Wildman–Crippen MR) is 253 cm³/mol. The quantitative estimate of drug-likeness (QED) is 0.0147. The first-order valence-corrected chi connectivity index (χ1v) is 26.1. The van der Waals surface area contributed by atoms with Crippen LogP contribution in [0.3, 0.4) is 0 Å². The van der Waals surface area contributed by atoms with E-state index in [1.165, 1.54) is 64.2 Å². The van der Waals surface area contributed by atoms with E-state index in [0.717, 1.165) is 96.3 Å². The maximum atomic E-state index is 12.8. The van der Waals surface area contributed by atoms with Crippen LogP contribution in [0.2, 0.25) is 0 Å². The highest BCUT2D eigenvalue weighted by Gasteiger charge is 2.51. The van der Waals surface area contributed by atoms with Crippen molar-refractivity contribution in [2.45, 2.75) is 230 Å². The molecule has 0 aromatic rings. The lowest BCUT2D eigenvalue weighted by Crippen LogP contribution is -2.64. The Morgan fingerprint density at radius 1 is 0.524 bits per heavy atom. The summed E-state index contributed by atoms with van der Waals surface area (Å²) in [6.45, 7) is 4.11. The number of esters is 1. The zero-order chi connectivity index (χ0) is 46.2. The van der Waals surface area contributed by atoms with Gasteiger partial charge in [-0.2, -0.15) is 0 Å². The molecule has 1 aliphatic carbocycles. The fraction of sp³-hybridized carbons (Fsp3) is 0.780. The van der Waals surface area contributed by atoms with Gasteiger partial charge in [0.1, 0.15) is 42.7 Å². The summed E-state index contributed by atoms with van der Waals surface area (Å²) in [7, 11) is -5.03. The van der Waals surface area contributed by atoms with Crippen LogP contribution in [0.15, 0.2) is 60.8 Å². The normalized spacial score (nSPS) is 22.3. The molecule has 0 saturated heterocycles. The summed E-state index contributed by atoms with van der Waals surface area (Å²) < 4.78 is 34.2. The second-order valence-electron chi connectivity index (χ2n) is 16.9. The summed E-state index contributed by atoms with van der Waals surface area (Å²) in [5.41, 5.74) is 0. The molecule has 366 valence electrons. The molecule has 6 atom stereocenters. The number of carbonyl (C=O) groups is 1. The summed E-state index contributed by atoms with van der Waals surface area (Å²) in [5, 5.41) is 50.3. The summed E-state index contributed by atoms with van der Waals surface area (Å²) in [6.07, 6.45) is 38.5. The molecule has 0 aromatic carbocycles. The lowest BCUT2D eigenvalue weighted by molar-refractivity contribution is -0.220. The van der Waals surface area contributed by atoms with Gasteiger partial charge >= 0.3 is 13.8 Å². The number of rotatable bonds is 41. The number of carbonyl (C=O) groups excluding carboxylic acids is 1. The van der Waals surface area contributed by atoms with Crippen LogP contribution in [0.1, 0.15) is 187 Å². The number of phosphoric acid groups is 1. The Hall–Kier alpha value is -1.96. The zero-order valence-corrected chi connectivity index (χ0v) is 40.0. The number of aliphatic hydroxyl groups is 5. The molecular weight excluding hydrogens is 824 g/mol. The highest BCUT2D eigenvalue weighted by Crippen LogP contribution is 2.47. The molecule has 63 heavy (non-hydrogen) atoms. The molecule has 1 aliphatic rings. The van der Waals surface area contributed by atoms with Crippen LogP contribution in [0.5, 0.6) is 0 Å². The van der Waals surface area contributed by atoms with Crippen LogP contribution in [-0.4, -0.2) is 98.9 Å². The van der Waals surface area contributed by atoms with Gasteiger partial charge in [-0.25, -0.2) is 4.57 Å². The zero-order valence-electron chi connectivity index (χ0n) is 39.1. The summed E-state index contributed by atoms with van der Waals surface area (Å²) >= 11 is 0. The molecule has 1 fully saturated rings. The van der Waals surface area contributed by atoms with Gasteiger partial charge in [0.25, 0.3) is 0 Å². The number of allylic oxidation sites excluding steroid dienone is 10. The predicted octanol–water partition coefficient (Wildman–Crippen LogP) is 10.6. The van der Waals surface area contributed by atoms with E-state index in [1.807, 2.05) is 0 Å². The number of hydrogen-bond acceptors (Lipinski definition) is 11. The largest absolute Gasteiger partial charge is 0.472 e. The van der Waals surface area contributed by atoms with Crippen molar-refractivity contribution in [3.8, 4) is 0 Å². The first kappa shape index (κ1) is 59.1. The van der Waals surface area contributed by atoms with Gasteiger partial charge in [0.15, 0.2) is 0 Å². The SMILES string of the molecule is CC/C=C\C/C=C\C/C=C\CCCCCCCCCC(=O)OC(COCCCCCCCCCC/C=C\C/C=C\CCCCCC)COP(=O)(O)OC1C(O)C(O)C(O)C(O)C1O. The Balaban J connectivity index is 2.38. The summed E-state index contributed by atoms with van der Waals surface area (Å²) in [5.74, 6) is -0.491. The highest BCUT2D eigenvalue weighted by molar-refractivity contribution is 7.47. The molecule has 12 nitrogen and oxygen atoms in total. The Bertz CT molecular complexity index is 1270. The van der Waals surface area contributed by atoms with Crippen LogP contribution in [0.25, 0.3) is 0 Å². The van der Waals surface area contributed by atoms with E-state index >= 15 is 0 Å². The molecule has 1 saturated carbocycles. The van der Waals surface area contributed by atoms with E-state index in [0.29, 0.717) is 13.0 Å². The average molecular weight is 913 g/mol. The number of unbranched alkanes of at least 4 members (excludes halogenated alkanes) is 19. The van der Waals surface area contributed by atoms with E-state index in [4.69, 9.17) is 18.5 Å². The van der Waals surface area contributed by atoms with E-state index in [-0.39, 0.29) is 13.0 Å². The third-order valence-electron chi connectivity index (χ3n) is 11.1. The molecule has 0 amide bonds. The van der Waals surface area contributed by atoms with Crippen LogP contribution in [0, 0.1) is 0 Å². The first-order chi connectivity index (χ1) is 30.5. The lowest BCUT2D eigenvalue weighted by Gasteiger charge is -2.41. The first-order valence-electron chi connectivity index (χ1n) is 24.6. The molecule has 0 spiro atoms. The second kappa shape index (κ2) is 40.3. The molecular formula is C50H89O12P. The number of hydrogen-bond donors (Lipinski definition) is 6. The van der Waals surface area contributed by atoms with E-state index < -0.39 is 63.1 Å². The van der Waals surface area contributed by atoms with Crippen molar-refractivity contribution in [1.29, 1.82) is 0 Å². The van der Waals surface area contributed by atoms with Gasteiger partial charge in [-0.1, -0.05) is 164 Å². The van der Waals surface area contributed by atoms with Gasteiger partial charge < -0.3 is 39.9 Å². The van der Waals surface area contributed by atoms with Crippen molar-refractivity contribution in [2.24, 2.45) is 0 Å². The third kappa shape index (κ3) is 32.4. The standard InChI is InChI=1S/C50H89O12P/c1-3-5-7-9-11-13-15-17-19-21-22-24-26-28-30-32-34-36-38-40-59-41-43(42-60-63(57,58)62-50-48(55)46(53)45(52)47(54)49(50)56)61-44(51)39-37-35-33-31-29-27-25-23-20-18-16-14-12-10-8-6-4-2/h6,8,12-15,18-21,43,45-50,52-56H,3-5,7,9-11,16-17,22-42H2,1-2H3,(H,57,58)/b8-6-,14-12-,15-13-,20-18-,21-19-. The van der Waals surface area contributed by atoms with Crippen LogP contribution in [0.4, 0.5) is 0 Å². The summed E-state index contributed by atoms with van der Waals surface area (Å²) in [4.78, 5) is 23.2. The van der Waals surface area contributed by atoms with Crippen LogP contribution >= 0.6 is 7.82 Å². The second-order valence-corrected chi connectivity index (χ2v) is 18.3. The molecule has 13 heteroatoms. The minimum absolute atomic E-state index is 0.0870. The topological polar surface area (TPSA) is 192 Å². The molecule has 0 aliphatic heterocycles. The molecule has 1 rings (SSSR count). The fourth-order valence-corrected chi connectivity index (χ4v) is 8.20. The van der Waals surface area contributed by atoms with E-state index in [2.05, 4.69) is 74.6 Å². The van der Waals surface area contributed by atoms with Crippen molar-refractivity contribution in [2.75, 3.05) is 19.8 Å². The third-order valence-corrected chi connectivity index (χ3v) is 12.1. The minimum atomic E-state index is -5.03. The van der Waals surface area contributed by atoms with E-state index in [1.54, 1.807) is 0 Å². The fourth-order valence-electron chi connectivity index (χ4n) is 7.22. The van der Waals surface area contributed by atoms with Gasteiger partial charge in [0.05, 0.1) is 13.2 Å². The van der Waals surface area contributed by atoms with Crippen molar-refractivity contribution in [1.82, 2.24) is 0 Å². The molecule has 0 heterocycles. The maximum Gasteiger partial charge on any atom is 0.472 e. The van der Waals surface area contributed by atoms with Crippen molar-refractivity contribution in [3.05, 3.63) is 60.8 Å². The molecule has 0 aromatic heterocycles. The van der Waals surface area contributed by atoms with Gasteiger partial charge in [-0.05, 0) is 77.0 Å². The van der Waals surface area contributed by atoms with Gasteiger partial charge in [0, 0.05) is 13.0 Å².